The molecule has 1 rings (SSSR count). The van der Waals surface area contributed by atoms with E-state index in [1.54, 1.807) is 0 Å². The highest BCUT2D eigenvalue weighted by Gasteiger charge is 2.10. The fourth-order valence-corrected chi connectivity index (χ4v) is 2.61. The maximum absolute atomic E-state index is 5.81. The fourth-order valence-electron chi connectivity index (χ4n) is 0.910. The van der Waals surface area contributed by atoms with Gasteiger partial charge in [0.1, 0.15) is 0 Å². The molecule has 0 saturated heterocycles. The van der Waals surface area contributed by atoms with Crippen LogP contribution >= 0.6 is 15.9 Å². The van der Waals surface area contributed by atoms with Crippen LogP contribution in [0.15, 0.2) is 28.7 Å². The topological polar surface area (TPSA) is 9.23 Å². The average Bonchev–Trinajstić information content (AvgIpc) is 2.01. The summed E-state index contributed by atoms with van der Waals surface area (Å²) in [5.74, 6) is 0. The fraction of sp³-hybridized carbons (Fsp3) is 0.400. The average molecular weight is 259 g/mol. The van der Waals surface area contributed by atoms with E-state index in [0.29, 0.717) is 0 Å². The maximum Gasteiger partial charge on any atom is 0.194 e. The van der Waals surface area contributed by atoms with Gasteiger partial charge in [0.05, 0.1) is 0 Å². The van der Waals surface area contributed by atoms with Gasteiger partial charge in [-0.2, -0.15) is 0 Å². The first kappa shape index (κ1) is 11.0. The first-order chi connectivity index (χ1) is 5.99. The Balaban J connectivity index is 2.60. The lowest BCUT2D eigenvalue weighted by molar-refractivity contribution is 0.142. The molecule has 0 heterocycles. The summed E-state index contributed by atoms with van der Waals surface area (Å²) in [6.07, 6.45) is 0. The molecule has 0 saturated carbocycles. The third-order valence-corrected chi connectivity index (χ3v) is 4.85. The van der Waals surface area contributed by atoms with Crippen LogP contribution in [0.3, 0.4) is 0 Å². The second-order valence-corrected chi connectivity index (χ2v) is 6.19. The lowest BCUT2D eigenvalue weighted by Gasteiger charge is -2.20. The summed E-state index contributed by atoms with van der Waals surface area (Å²) in [6, 6.07) is 8.27. The Morgan fingerprint density at radius 1 is 1.23 bits per heavy atom. The number of rotatable bonds is 2. The van der Waals surface area contributed by atoms with E-state index < -0.39 is 9.76 Å². The molecule has 0 fully saturated rings. The van der Waals surface area contributed by atoms with E-state index in [4.69, 9.17) is 4.43 Å². The summed E-state index contributed by atoms with van der Waals surface area (Å²) in [7, 11) is -0.591. The molecule has 0 radical (unpaired) electrons. The smallest absolute Gasteiger partial charge is 0.194 e. The molecular weight excluding hydrogens is 244 g/mol. The molecule has 0 bridgehead atoms. The van der Waals surface area contributed by atoms with Gasteiger partial charge < -0.3 is 4.43 Å². The molecule has 0 spiro atoms. The summed E-state index contributed by atoms with van der Waals surface area (Å²) in [5, 5.41) is 1.33. The van der Waals surface area contributed by atoms with E-state index >= 15 is 0 Å². The van der Waals surface area contributed by atoms with Crippen molar-refractivity contribution in [2.24, 2.45) is 0 Å². The van der Waals surface area contributed by atoms with Crippen molar-refractivity contribution in [1.82, 2.24) is 0 Å². The minimum Gasteiger partial charge on any atom is -0.414 e. The number of hydrogen-bond acceptors (Lipinski definition) is 1. The van der Waals surface area contributed by atoms with E-state index in [1.165, 1.54) is 9.66 Å². The zero-order valence-corrected chi connectivity index (χ0v) is 11.3. The van der Waals surface area contributed by atoms with Gasteiger partial charge in [0.25, 0.3) is 0 Å². The van der Waals surface area contributed by atoms with Crippen molar-refractivity contribution < 1.29 is 4.43 Å². The lowest BCUT2D eigenvalue weighted by atomic mass is 10.2. The Hall–Kier alpha value is -0.123. The lowest BCUT2D eigenvalue weighted by Crippen LogP contribution is -2.29. The Bertz CT molecular complexity index is 280. The number of hydrogen-bond donors (Lipinski definition) is 0. The largest absolute Gasteiger partial charge is 0.414 e. The molecule has 0 aliphatic carbocycles. The molecule has 13 heavy (non-hydrogen) atoms. The number of halogens is 1. The van der Waals surface area contributed by atoms with Crippen molar-refractivity contribution in [3.05, 3.63) is 28.7 Å². The van der Waals surface area contributed by atoms with Crippen LogP contribution in [-0.2, 0) is 4.43 Å². The third-order valence-electron chi connectivity index (χ3n) is 1.62. The van der Waals surface area contributed by atoms with Gasteiger partial charge in [0, 0.05) is 10.1 Å². The van der Waals surface area contributed by atoms with Crippen molar-refractivity contribution in [1.29, 1.82) is 0 Å². The van der Waals surface area contributed by atoms with Gasteiger partial charge in [-0.15, -0.1) is 0 Å². The van der Waals surface area contributed by atoms with Crippen molar-refractivity contribution in [2.75, 3.05) is 0 Å². The standard InChI is InChI=1S/C10H15BrOSi/c1-10(2,3)12-13-9-7-5-4-6-8(9)11/h4-7H,13H2,1-3H3. The van der Waals surface area contributed by atoms with Crippen molar-refractivity contribution >= 4 is 30.9 Å². The van der Waals surface area contributed by atoms with Crippen LogP contribution in [0.2, 0.25) is 0 Å². The molecule has 0 aromatic heterocycles. The first-order valence-electron chi connectivity index (χ1n) is 4.36. The molecule has 0 atom stereocenters. The van der Waals surface area contributed by atoms with Crippen LogP contribution in [0.5, 0.6) is 0 Å². The van der Waals surface area contributed by atoms with E-state index in [9.17, 15) is 0 Å². The summed E-state index contributed by atoms with van der Waals surface area (Å²) in [5.41, 5.74) is -0.0124. The minimum absolute atomic E-state index is 0.0124. The summed E-state index contributed by atoms with van der Waals surface area (Å²) >= 11 is 3.52. The van der Waals surface area contributed by atoms with E-state index in [1.807, 2.05) is 6.07 Å². The van der Waals surface area contributed by atoms with E-state index in [-0.39, 0.29) is 5.60 Å². The van der Waals surface area contributed by atoms with E-state index in [0.717, 1.165) is 0 Å². The predicted molar refractivity (Wildman–Crippen MR) is 63.2 cm³/mol. The molecular formula is C10H15BrOSi. The quantitative estimate of drug-likeness (QED) is 0.738. The Kier molecular flexibility index (Phi) is 3.70. The monoisotopic (exact) mass is 258 g/mol. The van der Waals surface area contributed by atoms with Crippen molar-refractivity contribution in [3.63, 3.8) is 0 Å². The van der Waals surface area contributed by atoms with Crippen LogP contribution in [0.4, 0.5) is 0 Å². The van der Waals surface area contributed by atoms with E-state index in [2.05, 4.69) is 54.9 Å². The molecule has 0 N–H and O–H groups in total. The maximum atomic E-state index is 5.81. The van der Waals surface area contributed by atoms with Crippen molar-refractivity contribution in [2.45, 2.75) is 26.4 Å². The normalized spacial score (nSPS) is 12.6. The van der Waals surface area contributed by atoms with Crippen LogP contribution in [0.25, 0.3) is 0 Å². The van der Waals surface area contributed by atoms with Crippen molar-refractivity contribution in [3.8, 4) is 0 Å². The molecule has 0 aliphatic heterocycles. The third kappa shape index (κ3) is 4.07. The molecule has 72 valence electrons. The highest BCUT2D eigenvalue weighted by molar-refractivity contribution is 9.10. The molecule has 0 unspecified atom stereocenters. The first-order valence-corrected chi connectivity index (χ1v) is 6.44. The SMILES string of the molecule is CC(C)(C)O[SiH2]c1ccccc1Br. The highest BCUT2D eigenvalue weighted by Crippen LogP contribution is 2.08. The second-order valence-electron chi connectivity index (χ2n) is 3.99. The van der Waals surface area contributed by atoms with Gasteiger partial charge >= 0.3 is 0 Å². The molecule has 1 nitrogen and oxygen atoms in total. The second kappa shape index (κ2) is 4.40. The summed E-state index contributed by atoms with van der Waals surface area (Å²) in [4.78, 5) is 0. The summed E-state index contributed by atoms with van der Waals surface area (Å²) < 4.78 is 6.98. The van der Waals surface area contributed by atoms with Gasteiger partial charge in [-0.3, -0.25) is 0 Å². The van der Waals surface area contributed by atoms with Gasteiger partial charge in [-0.05, 0) is 32.0 Å². The Morgan fingerprint density at radius 3 is 2.38 bits per heavy atom. The number of benzene rings is 1. The van der Waals surface area contributed by atoms with Gasteiger partial charge in [-0.1, -0.05) is 34.1 Å². The summed E-state index contributed by atoms with van der Waals surface area (Å²) in [6.45, 7) is 6.28. The van der Waals surface area contributed by atoms with Crippen LogP contribution in [-0.4, -0.2) is 15.4 Å². The Labute approximate surface area is 90.6 Å². The van der Waals surface area contributed by atoms with Crippen LogP contribution in [0, 0.1) is 0 Å². The molecule has 0 aliphatic rings. The zero-order valence-electron chi connectivity index (χ0n) is 8.30. The van der Waals surface area contributed by atoms with Crippen LogP contribution in [0.1, 0.15) is 20.8 Å². The molecule has 1 aromatic rings. The predicted octanol–water partition coefficient (Wildman–Crippen LogP) is 1.97. The molecule has 1 aromatic carbocycles. The molecule has 3 heteroatoms. The van der Waals surface area contributed by atoms with Gasteiger partial charge in [-0.25, -0.2) is 0 Å². The minimum atomic E-state index is -0.591. The highest BCUT2D eigenvalue weighted by atomic mass is 79.9. The van der Waals surface area contributed by atoms with Gasteiger partial charge in [0.2, 0.25) is 0 Å². The zero-order chi connectivity index (χ0) is 9.90. The molecule has 0 amide bonds. The van der Waals surface area contributed by atoms with Crippen LogP contribution < -0.4 is 5.19 Å². The van der Waals surface area contributed by atoms with Gasteiger partial charge in [0.15, 0.2) is 9.76 Å². The Morgan fingerprint density at radius 2 is 1.85 bits per heavy atom.